The summed E-state index contributed by atoms with van der Waals surface area (Å²) in [6.07, 6.45) is 0.768. The number of rotatable bonds is 6. The summed E-state index contributed by atoms with van der Waals surface area (Å²) in [5, 5.41) is 2.72. The lowest BCUT2D eigenvalue weighted by Gasteiger charge is -2.28. The molecule has 2 atom stereocenters. The SMILES string of the molecule is CC[C@H](C)[C@H](NC(=O)COC(C)(C)C)C(=O)OC(C)(C)C. The van der Waals surface area contributed by atoms with Crippen molar-refractivity contribution in [1.29, 1.82) is 0 Å². The summed E-state index contributed by atoms with van der Waals surface area (Å²) in [5.74, 6) is -0.708. The maximum atomic E-state index is 12.2. The van der Waals surface area contributed by atoms with Crippen molar-refractivity contribution in [2.24, 2.45) is 5.92 Å². The molecule has 0 aromatic rings. The van der Waals surface area contributed by atoms with Crippen LogP contribution in [-0.2, 0) is 19.1 Å². The molecule has 0 aliphatic heterocycles. The molecule has 0 unspecified atom stereocenters. The van der Waals surface area contributed by atoms with E-state index in [1.54, 1.807) is 0 Å². The molecule has 124 valence electrons. The van der Waals surface area contributed by atoms with Crippen molar-refractivity contribution in [3.63, 3.8) is 0 Å². The van der Waals surface area contributed by atoms with E-state index >= 15 is 0 Å². The quantitative estimate of drug-likeness (QED) is 0.766. The highest BCUT2D eigenvalue weighted by molar-refractivity contribution is 5.85. The Hall–Kier alpha value is -1.10. The van der Waals surface area contributed by atoms with E-state index < -0.39 is 23.2 Å². The predicted octanol–water partition coefficient (Wildman–Crippen LogP) is 2.67. The molecular weight excluding hydrogens is 270 g/mol. The van der Waals surface area contributed by atoms with Gasteiger partial charge in [-0.05, 0) is 47.5 Å². The van der Waals surface area contributed by atoms with Gasteiger partial charge in [0.1, 0.15) is 18.2 Å². The summed E-state index contributed by atoms with van der Waals surface area (Å²) in [6, 6.07) is -0.648. The van der Waals surface area contributed by atoms with Crippen molar-refractivity contribution in [1.82, 2.24) is 5.32 Å². The van der Waals surface area contributed by atoms with Crippen molar-refractivity contribution in [2.75, 3.05) is 6.61 Å². The third kappa shape index (κ3) is 9.45. The second kappa shape index (κ2) is 7.78. The third-order valence-electron chi connectivity index (χ3n) is 2.83. The molecule has 1 amide bonds. The second-order valence-corrected chi connectivity index (χ2v) is 7.37. The molecule has 0 saturated carbocycles. The van der Waals surface area contributed by atoms with Crippen LogP contribution in [0.15, 0.2) is 0 Å². The molecule has 0 aromatic heterocycles. The molecule has 0 radical (unpaired) electrons. The number of carbonyl (C=O) groups excluding carboxylic acids is 2. The number of ether oxygens (including phenoxy) is 2. The minimum absolute atomic E-state index is 0.00145. The number of hydrogen-bond donors (Lipinski definition) is 1. The van der Waals surface area contributed by atoms with Crippen LogP contribution in [0.3, 0.4) is 0 Å². The maximum absolute atomic E-state index is 12.2. The first-order chi connectivity index (χ1) is 9.35. The van der Waals surface area contributed by atoms with Crippen LogP contribution >= 0.6 is 0 Å². The molecule has 0 aliphatic rings. The van der Waals surface area contributed by atoms with Gasteiger partial charge in [-0.15, -0.1) is 0 Å². The molecule has 1 N–H and O–H groups in total. The average Bonchev–Trinajstić information content (AvgIpc) is 2.29. The van der Waals surface area contributed by atoms with Gasteiger partial charge in [-0.3, -0.25) is 4.79 Å². The standard InChI is InChI=1S/C16H31NO4/c1-9-11(2)13(14(19)21-16(6,7)8)17-12(18)10-20-15(3,4)5/h11,13H,9-10H2,1-8H3,(H,17,18)/t11-,13-/m0/s1. The van der Waals surface area contributed by atoms with E-state index in [2.05, 4.69) is 5.32 Å². The highest BCUT2D eigenvalue weighted by Gasteiger charge is 2.30. The van der Waals surface area contributed by atoms with Gasteiger partial charge in [0.2, 0.25) is 5.91 Å². The number of nitrogens with one attached hydrogen (secondary N) is 1. The third-order valence-corrected chi connectivity index (χ3v) is 2.83. The number of amides is 1. The van der Waals surface area contributed by atoms with Crippen molar-refractivity contribution in [2.45, 2.75) is 79.1 Å². The molecule has 0 aromatic carbocycles. The van der Waals surface area contributed by atoms with Gasteiger partial charge in [-0.1, -0.05) is 20.3 Å². The first-order valence-corrected chi connectivity index (χ1v) is 7.52. The van der Waals surface area contributed by atoms with E-state index in [0.29, 0.717) is 0 Å². The maximum Gasteiger partial charge on any atom is 0.329 e. The van der Waals surface area contributed by atoms with Crippen molar-refractivity contribution in [3.8, 4) is 0 Å². The monoisotopic (exact) mass is 301 g/mol. The molecule has 5 nitrogen and oxygen atoms in total. The fraction of sp³-hybridized carbons (Fsp3) is 0.875. The zero-order chi connectivity index (χ0) is 16.8. The van der Waals surface area contributed by atoms with Gasteiger partial charge in [0, 0.05) is 0 Å². The Morgan fingerprint density at radius 3 is 1.95 bits per heavy atom. The van der Waals surface area contributed by atoms with Gasteiger partial charge in [-0.2, -0.15) is 0 Å². The van der Waals surface area contributed by atoms with E-state index in [1.165, 1.54) is 0 Å². The Bertz CT molecular complexity index is 352. The second-order valence-electron chi connectivity index (χ2n) is 7.37. The number of carbonyl (C=O) groups is 2. The summed E-state index contributed by atoms with van der Waals surface area (Å²) < 4.78 is 10.8. The van der Waals surface area contributed by atoms with Gasteiger partial charge in [0.05, 0.1) is 5.60 Å². The Balaban J connectivity index is 4.71. The summed E-state index contributed by atoms with van der Waals surface area (Å²) in [5.41, 5.74) is -0.968. The summed E-state index contributed by atoms with van der Waals surface area (Å²) in [7, 11) is 0. The lowest BCUT2D eigenvalue weighted by molar-refractivity contribution is -0.160. The summed E-state index contributed by atoms with van der Waals surface area (Å²) >= 11 is 0. The average molecular weight is 301 g/mol. The first kappa shape index (κ1) is 19.9. The van der Waals surface area contributed by atoms with Crippen LogP contribution in [0.1, 0.15) is 61.8 Å². The van der Waals surface area contributed by atoms with Gasteiger partial charge in [0.25, 0.3) is 0 Å². The minimum atomic E-state index is -0.648. The Morgan fingerprint density at radius 2 is 1.57 bits per heavy atom. The summed E-state index contributed by atoms with van der Waals surface area (Å²) in [6.45, 7) is 14.9. The van der Waals surface area contributed by atoms with Crippen LogP contribution in [0.2, 0.25) is 0 Å². The first-order valence-electron chi connectivity index (χ1n) is 7.52. The normalized spacial score (nSPS) is 15.2. The van der Waals surface area contributed by atoms with Gasteiger partial charge in [0.15, 0.2) is 0 Å². The van der Waals surface area contributed by atoms with E-state index in [1.807, 2.05) is 55.4 Å². The Labute approximate surface area is 128 Å². The van der Waals surface area contributed by atoms with Crippen LogP contribution in [0.4, 0.5) is 0 Å². The van der Waals surface area contributed by atoms with Gasteiger partial charge < -0.3 is 14.8 Å². The molecular formula is C16H31NO4. The number of esters is 1. The number of hydrogen-bond acceptors (Lipinski definition) is 4. The zero-order valence-electron chi connectivity index (χ0n) is 14.7. The van der Waals surface area contributed by atoms with Crippen molar-refractivity contribution < 1.29 is 19.1 Å². The van der Waals surface area contributed by atoms with Crippen molar-refractivity contribution >= 4 is 11.9 Å². The molecule has 0 rings (SSSR count). The smallest absolute Gasteiger partial charge is 0.329 e. The predicted molar refractivity (Wildman–Crippen MR) is 82.9 cm³/mol. The van der Waals surface area contributed by atoms with E-state index in [9.17, 15) is 9.59 Å². The minimum Gasteiger partial charge on any atom is -0.458 e. The van der Waals surface area contributed by atoms with Crippen LogP contribution in [0.5, 0.6) is 0 Å². The van der Waals surface area contributed by atoms with Crippen LogP contribution < -0.4 is 5.32 Å². The summed E-state index contributed by atoms with van der Waals surface area (Å²) in [4.78, 5) is 24.2. The van der Waals surface area contributed by atoms with E-state index in [4.69, 9.17) is 9.47 Å². The van der Waals surface area contributed by atoms with Crippen LogP contribution in [0, 0.1) is 5.92 Å². The van der Waals surface area contributed by atoms with E-state index in [-0.39, 0.29) is 18.4 Å². The molecule has 0 spiro atoms. The zero-order valence-corrected chi connectivity index (χ0v) is 14.7. The van der Waals surface area contributed by atoms with E-state index in [0.717, 1.165) is 6.42 Å². The Kier molecular flexibility index (Phi) is 7.37. The van der Waals surface area contributed by atoms with Crippen molar-refractivity contribution in [3.05, 3.63) is 0 Å². The Morgan fingerprint density at radius 1 is 1.05 bits per heavy atom. The highest BCUT2D eigenvalue weighted by Crippen LogP contribution is 2.15. The molecule has 0 fully saturated rings. The topological polar surface area (TPSA) is 64.6 Å². The lowest BCUT2D eigenvalue weighted by Crippen LogP contribution is -2.49. The van der Waals surface area contributed by atoms with Crippen LogP contribution in [-0.4, -0.2) is 35.7 Å². The van der Waals surface area contributed by atoms with Gasteiger partial charge >= 0.3 is 5.97 Å². The van der Waals surface area contributed by atoms with Gasteiger partial charge in [-0.25, -0.2) is 4.79 Å². The molecule has 0 bridgehead atoms. The molecule has 0 aliphatic carbocycles. The molecule has 21 heavy (non-hydrogen) atoms. The molecule has 0 saturated heterocycles. The van der Waals surface area contributed by atoms with Crippen LogP contribution in [0.25, 0.3) is 0 Å². The highest BCUT2D eigenvalue weighted by atomic mass is 16.6. The fourth-order valence-corrected chi connectivity index (χ4v) is 1.53. The fourth-order valence-electron chi connectivity index (χ4n) is 1.53. The largest absolute Gasteiger partial charge is 0.458 e. The molecule has 0 heterocycles. The molecule has 5 heteroatoms. The lowest BCUT2D eigenvalue weighted by atomic mass is 9.99.